The fourth-order valence-electron chi connectivity index (χ4n) is 5.25. The van der Waals surface area contributed by atoms with Crippen molar-refractivity contribution in [2.24, 2.45) is 7.05 Å². The van der Waals surface area contributed by atoms with Crippen molar-refractivity contribution in [3.8, 4) is 16.9 Å². The Balaban J connectivity index is 1.38. The van der Waals surface area contributed by atoms with E-state index < -0.39 is 12.3 Å². The number of nitrogens with zero attached hydrogens (tertiary/aromatic N) is 1. The number of aromatic nitrogens is 1. The third-order valence-electron chi connectivity index (χ3n) is 7.26. The molecular formula is C30H25NO5. The molecule has 1 aliphatic heterocycles. The average molecular weight is 480 g/mol. The maximum absolute atomic E-state index is 13.4. The summed E-state index contributed by atoms with van der Waals surface area (Å²) in [6, 6.07) is 18.8. The third kappa shape index (κ3) is 3.33. The van der Waals surface area contributed by atoms with Gasteiger partial charge in [-0.1, -0.05) is 31.2 Å². The van der Waals surface area contributed by atoms with Gasteiger partial charge in [0.05, 0.1) is 19.1 Å². The van der Waals surface area contributed by atoms with Gasteiger partial charge in [0.2, 0.25) is 5.78 Å². The molecule has 0 radical (unpaired) electrons. The number of rotatable bonds is 4. The summed E-state index contributed by atoms with van der Waals surface area (Å²) in [5, 5.41) is 3.30. The molecule has 2 heterocycles. The number of Topliss-reactive ketones (excluding diaryl/α,β-unsaturated/α-hetero) is 1. The van der Waals surface area contributed by atoms with E-state index in [9.17, 15) is 9.59 Å². The van der Waals surface area contributed by atoms with Crippen LogP contribution in [0.4, 0.5) is 0 Å². The van der Waals surface area contributed by atoms with Gasteiger partial charge in [-0.25, -0.2) is 4.79 Å². The maximum atomic E-state index is 13.4. The van der Waals surface area contributed by atoms with Gasteiger partial charge in [-0.2, -0.15) is 0 Å². The number of aryl methyl sites for hydroxylation is 1. The molecule has 3 aromatic carbocycles. The smallest absolute Gasteiger partial charge is 0.336 e. The highest BCUT2D eigenvalue weighted by atomic mass is 16.7. The largest absolute Gasteiger partial charge is 0.497 e. The number of ether oxygens (including phenoxy) is 3. The highest BCUT2D eigenvalue weighted by Crippen LogP contribution is 2.44. The van der Waals surface area contributed by atoms with E-state index in [-0.39, 0.29) is 11.7 Å². The normalized spacial score (nSPS) is 20.2. The van der Waals surface area contributed by atoms with Crippen molar-refractivity contribution < 1.29 is 23.8 Å². The number of hydrogen-bond donors (Lipinski definition) is 0. The monoisotopic (exact) mass is 479 g/mol. The van der Waals surface area contributed by atoms with Gasteiger partial charge in [-0.15, -0.1) is 0 Å². The second-order valence-corrected chi connectivity index (χ2v) is 9.36. The Hall–Kier alpha value is -4.32. The van der Waals surface area contributed by atoms with Crippen LogP contribution in [0.5, 0.6) is 5.75 Å². The van der Waals surface area contributed by atoms with E-state index in [1.54, 1.807) is 20.1 Å². The molecule has 0 amide bonds. The van der Waals surface area contributed by atoms with Gasteiger partial charge in [-0.3, -0.25) is 4.79 Å². The molecule has 0 bridgehead atoms. The van der Waals surface area contributed by atoms with Gasteiger partial charge in [0, 0.05) is 41.1 Å². The van der Waals surface area contributed by atoms with Crippen molar-refractivity contribution in [3.05, 3.63) is 89.3 Å². The second kappa shape index (κ2) is 8.12. The van der Waals surface area contributed by atoms with Crippen molar-refractivity contribution in [1.29, 1.82) is 0 Å². The predicted molar refractivity (Wildman–Crippen MR) is 138 cm³/mol. The summed E-state index contributed by atoms with van der Waals surface area (Å²) in [6.45, 7) is 3.68. The molecule has 1 aromatic heterocycles. The maximum Gasteiger partial charge on any atom is 0.336 e. The summed E-state index contributed by atoms with van der Waals surface area (Å²) in [5.41, 5.74) is 5.92. The lowest BCUT2D eigenvalue weighted by atomic mass is 9.95. The molecule has 1 aliphatic carbocycles. The van der Waals surface area contributed by atoms with Crippen LogP contribution in [0.3, 0.4) is 0 Å². The molecule has 0 N–H and O–H groups in total. The van der Waals surface area contributed by atoms with Gasteiger partial charge in [0.1, 0.15) is 5.75 Å². The fourth-order valence-corrected chi connectivity index (χ4v) is 5.25. The first kappa shape index (κ1) is 22.2. The molecule has 6 rings (SSSR count). The molecule has 6 heteroatoms. The Morgan fingerprint density at radius 3 is 2.44 bits per heavy atom. The van der Waals surface area contributed by atoms with Crippen LogP contribution in [0.1, 0.15) is 35.8 Å². The Morgan fingerprint density at radius 2 is 1.69 bits per heavy atom. The molecule has 36 heavy (non-hydrogen) atoms. The zero-order valence-electron chi connectivity index (χ0n) is 20.5. The van der Waals surface area contributed by atoms with Crippen LogP contribution in [0.15, 0.2) is 78.1 Å². The minimum absolute atomic E-state index is 0.0672. The molecule has 2 atom stereocenters. The number of hydrogen-bond acceptors (Lipinski definition) is 5. The number of ketones is 1. The summed E-state index contributed by atoms with van der Waals surface area (Å²) in [4.78, 5) is 25.0. The zero-order valence-corrected chi connectivity index (χ0v) is 20.5. The molecule has 180 valence electrons. The van der Waals surface area contributed by atoms with E-state index in [1.807, 2.05) is 30.7 Å². The Kier molecular flexibility index (Phi) is 5.00. The number of carbonyl (C=O) groups excluding carboxylic acids is 2. The van der Waals surface area contributed by atoms with Gasteiger partial charge in [-0.05, 0) is 64.7 Å². The van der Waals surface area contributed by atoms with Crippen LogP contribution in [0.2, 0.25) is 0 Å². The molecule has 4 aromatic rings. The van der Waals surface area contributed by atoms with E-state index in [1.165, 1.54) is 6.26 Å². The lowest BCUT2D eigenvalue weighted by Crippen LogP contribution is -2.11. The SMILES string of the molecule is COc1ccc2cc(-c3ccc4c(c3)c3c(n4C)C(=O)/C(=C/OC4C=C(C)C(=O)O4)C3C)ccc2c1. The standard InChI is InChI=1S/C30H25NO5/c1-16-11-26(36-30(16)33)35-15-24-17(2)27-23-14-21(8-10-25(23)31(3)28(27)29(24)32)18-5-6-20-13-22(34-4)9-7-19(20)12-18/h5-15,17,26H,1-4H3/b24-15+. The summed E-state index contributed by atoms with van der Waals surface area (Å²) in [5.74, 6) is 0.208. The highest BCUT2D eigenvalue weighted by molar-refractivity contribution is 6.17. The Bertz CT molecular complexity index is 1660. The van der Waals surface area contributed by atoms with Gasteiger partial charge < -0.3 is 18.8 Å². The molecule has 0 saturated carbocycles. The number of esters is 1. The number of methoxy groups -OCH3 is 1. The third-order valence-corrected chi connectivity index (χ3v) is 7.26. The summed E-state index contributed by atoms with van der Waals surface area (Å²) < 4.78 is 18.1. The fraction of sp³-hybridized carbons (Fsp3) is 0.200. The highest BCUT2D eigenvalue weighted by Gasteiger charge is 2.38. The van der Waals surface area contributed by atoms with Gasteiger partial charge in [0.25, 0.3) is 6.29 Å². The number of fused-ring (bicyclic) bond motifs is 4. The topological polar surface area (TPSA) is 66.8 Å². The average Bonchev–Trinajstić information content (AvgIpc) is 3.46. The Morgan fingerprint density at radius 1 is 0.972 bits per heavy atom. The van der Waals surface area contributed by atoms with Crippen LogP contribution in [-0.2, 0) is 21.3 Å². The van der Waals surface area contributed by atoms with Crippen molar-refractivity contribution in [3.63, 3.8) is 0 Å². The molecule has 6 nitrogen and oxygen atoms in total. The quantitative estimate of drug-likeness (QED) is 0.203. The molecule has 0 spiro atoms. The molecule has 2 aliphatic rings. The van der Waals surface area contributed by atoms with E-state index in [2.05, 4.69) is 42.5 Å². The molecule has 0 saturated heterocycles. The lowest BCUT2D eigenvalue weighted by molar-refractivity contribution is -0.152. The predicted octanol–water partition coefficient (Wildman–Crippen LogP) is 6.04. The van der Waals surface area contributed by atoms with Crippen molar-refractivity contribution in [2.45, 2.75) is 26.1 Å². The van der Waals surface area contributed by atoms with Crippen LogP contribution < -0.4 is 4.74 Å². The molecule has 0 fully saturated rings. The lowest BCUT2D eigenvalue weighted by Gasteiger charge is -2.11. The number of cyclic esters (lactones) is 1. The van der Waals surface area contributed by atoms with Gasteiger partial charge >= 0.3 is 5.97 Å². The van der Waals surface area contributed by atoms with Crippen molar-refractivity contribution in [2.75, 3.05) is 7.11 Å². The second-order valence-electron chi connectivity index (χ2n) is 9.36. The van der Waals surface area contributed by atoms with E-state index in [0.29, 0.717) is 16.8 Å². The first-order valence-corrected chi connectivity index (χ1v) is 11.9. The minimum atomic E-state index is -0.801. The Labute approximate surface area is 208 Å². The van der Waals surface area contributed by atoms with Crippen LogP contribution in [0, 0.1) is 0 Å². The number of carbonyl (C=O) groups is 2. The minimum Gasteiger partial charge on any atom is -0.497 e. The van der Waals surface area contributed by atoms with E-state index in [0.717, 1.165) is 44.1 Å². The van der Waals surface area contributed by atoms with E-state index >= 15 is 0 Å². The van der Waals surface area contributed by atoms with Crippen LogP contribution >= 0.6 is 0 Å². The van der Waals surface area contributed by atoms with Crippen molar-refractivity contribution in [1.82, 2.24) is 4.57 Å². The summed E-state index contributed by atoms with van der Waals surface area (Å²) >= 11 is 0. The van der Waals surface area contributed by atoms with Gasteiger partial charge in [0.15, 0.2) is 0 Å². The summed E-state index contributed by atoms with van der Waals surface area (Å²) in [7, 11) is 3.59. The number of benzene rings is 3. The first-order chi connectivity index (χ1) is 17.4. The molecular weight excluding hydrogens is 454 g/mol. The molecule has 2 unspecified atom stereocenters. The van der Waals surface area contributed by atoms with Crippen LogP contribution in [0.25, 0.3) is 32.8 Å². The van der Waals surface area contributed by atoms with Crippen molar-refractivity contribution >= 4 is 33.4 Å². The number of allylic oxidation sites excluding steroid dienone is 1. The van der Waals surface area contributed by atoms with E-state index in [4.69, 9.17) is 14.2 Å². The summed E-state index contributed by atoms with van der Waals surface area (Å²) in [6.07, 6.45) is 2.26. The first-order valence-electron chi connectivity index (χ1n) is 11.9. The zero-order chi connectivity index (χ0) is 25.1. The van der Waals surface area contributed by atoms with Crippen LogP contribution in [-0.4, -0.2) is 29.7 Å².